The van der Waals surface area contributed by atoms with Gasteiger partial charge in [-0.05, 0) is 35.9 Å². The van der Waals surface area contributed by atoms with Crippen LogP contribution in [-0.4, -0.2) is 62.1 Å². The van der Waals surface area contributed by atoms with Gasteiger partial charge in [0, 0.05) is 31.7 Å². The van der Waals surface area contributed by atoms with Gasteiger partial charge in [0.25, 0.3) is 5.91 Å². The summed E-state index contributed by atoms with van der Waals surface area (Å²) in [5.74, 6) is 1.75. The molecule has 4 rings (SSSR count). The summed E-state index contributed by atoms with van der Waals surface area (Å²) in [5, 5.41) is 2.85. The van der Waals surface area contributed by atoms with Crippen molar-refractivity contribution in [1.29, 1.82) is 0 Å². The quantitative estimate of drug-likeness (QED) is 0.583. The Hall–Kier alpha value is -4.07. The fourth-order valence-corrected chi connectivity index (χ4v) is 3.90. The summed E-state index contributed by atoms with van der Waals surface area (Å²) >= 11 is 0. The number of piperazine rings is 1. The minimum absolute atomic E-state index is 0.145. The van der Waals surface area contributed by atoms with E-state index in [1.54, 1.807) is 31.5 Å². The highest BCUT2D eigenvalue weighted by Crippen LogP contribution is 2.28. The number of anilines is 2. The Balaban J connectivity index is 1.31. The molecule has 1 saturated heterocycles. The van der Waals surface area contributed by atoms with Crippen LogP contribution in [0.3, 0.4) is 0 Å². The Morgan fingerprint density at radius 2 is 1.65 bits per heavy atom. The second-order valence-corrected chi connectivity index (χ2v) is 7.96. The van der Waals surface area contributed by atoms with Gasteiger partial charge in [-0.1, -0.05) is 30.3 Å². The van der Waals surface area contributed by atoms with Crippen LogP contribution in [0.1, 0.15) is 15.9 Å². The Labute approximate surface area is 199 Å². The predicted molar refractivity (Wildman–Crippen MR) is 131 cm³/mol. The van der Waals surface area contributed by atoms with Crippen molar-refractivity contribution >= 4 is 23.3 Å². The summed E-state index contributed by atoms with van der Waals surface area (Å²) in [5.41, 5.74) is 2.08. The number of benzene rings is 2. The fourth-order valence-electron chi connectivity index (χ4n) is 3.90. The summed E-state index contributed by atoms with van der Waals surface area (Å²) in [6.45, 7) is 2.74. The number of methoxy groups -OCH3 is 2. The van der Waals surface area contributed by atoms with Gasteiger partial charge < -0.3 is 24.6 Å². The Kier molecular flexibility index (Phi) is 7.27. The lowest BCUT2D eigenvalue weighted by atomic mass is 10.1. The third-order valence-electron chi connectivity index (χ3n) is 5.81. The molecule has 8 nitrogen and oxygen atoms in total. The molecule has 0 aliphatic carbocycles. The van der Waals surface area contributed by atoms with Crippen molar-refractivity contribution in [2.24, 2.45) is 0 Å². The van der Waals surface area contributed by atoms with E-state index in [1.807, 2.05) is 47.4 Å². The number of nitrogens with one attached hydrogen (secondary N) is 1. The zero-order chi connectivity index (χ0) is 23.9. The van der Waals surface area contributed by atoms with E-state index >= 15 is 0 Å². The molecule has 1 fully saturated rings. The fraction of sp³-hybridized carbons (Fsp3) is 0.269. The zero-order valence-corrected chi connectivity index (χ0v) is 19.4. The monoisotopic (exact) mass is 460 g/mol. The van der Waals surface area contributed by atoms with E-state index in [2.05, 4.69) is 15.2 Å². The zero-order valence-electron chi connectivity index (χ0n) is 19.4. The van der Waals surface area contributed by atoms with E-state index < -0.39 is 0 Å². The van der Waals surface area contributed by atoms with E-state index in [1.165, 1.54) is 7.11 Å². The molecular weight excluding hydrogens is 432 g/mol. The second-order valence-electron chi connectivity index (χ2n) is 7.96. The summed E-state index contributed by atoms with van der Waals surface area (Å²) in [7, 11) is 3.08. The number of rotatable bonds is 7. The lowest BCUT2D eigenvalue weighted by Gasteiger charge is -2.35. The first-order valence-electron chi connectivity index (χ1n) is 11.1. The molecular formula is C26H28N4O4. The summed E-state index contributed by atoms with van der Waals surface area (Å²) < 4.78 is 10.5. The highest BCUT2D eigenvalue weighted by molar-refractivity contribution is 6.04. The minimum atomic E-state index is -0.263. The first-order valence-corrected chi connectivity index (χ1v) is 11.1. The molecule has 2 aromatic carbocycles. The third kappa shape index (κ3) is 5.46. The lowest BCUT2D eigenvalue weighted by Crippen LogP contribution is -2.49. The number of hydrogen-bond acceptors (Lipinski definition) is 6. The van der Waals surface area contributed by atoms with Gasteiger partial charge in [0.15, 0.2) is 11.5 Å². The van der Waals surface area contributed by atoms with Gasteiger partial charge in [-0.2, -0.15) is 0 Å². The van der Waals surface area contributed by atoms with Gasteiger partial charge in [-0.15, -0.1) is 0 Å². The van der Waals surface area contributed by atoms with Gasteiger partial charge in [-0.25, -0.2) is 4.98 Å². The number of aromatic nitrogens is 1. The highest BCUT2D eigenvalue weighted by atomic mass is 16.5. The predicted octanol–water partition coefficient (Wildman–Crippen LogP) is 3.24. The first-order chi connectivity index (χ1) is 16.6. The minimum Gasteiger partial charge on any atom is -0.493 e. The number of hydrogen-bond donors (Lipinski definition) is 1. The number of nitrogens with zero attached hydrogens (tertiary/aromatic N) is 3. The largest absolute Gasteiger partial charge is 0.493 e. The van der Waals surface area contributed by atoms with Crippen molar-refractivity contribution in [3.05, 3.63) is 78.0 Å². The SMILES string of the molecule is COc1ccc(C(=O)Nc2ccc(N3CCN(C(=O)Cc4ccccc4)CC3)nc2)cc1OC. The third-order valence-corrected chi connectivity index (χ3v) is 5.81. The summed E-state index contributed by atoms with van der Waals surface area (Å²) in [4.78, 5) is 33.8. The van der Waals surface area contributed by atoms with E-state index in [-0.39, 0.29) is 11.8 Å². The average Bonchev–Trinajstić information content (AvgIpc) is 2.89. The Bertz CT molecular complexity index is 1130. The molecule has 0 atom stereocenters. The standard InChI is InChI=1S/C26H28N4O4/c1-33-22-10-8-20(17-23(22)34-2)26(32)28-21-9-11-24(27-18-21)29-12-14-30(15-13-29)25(31)16-19-6-4-3-5-7-19/h3-11,17-18H,12-16H2,1-2H3,(H,28,32). The van der Waals surface area contributed by atoms with Crippen LogP contribution in [0.4, 0.5) is 11.5 Å². The average molecular weight is 461 g/mol. The first kappa shape index (κ1) is 23.1. The maximum absolute atomic E-state index is 12.6. The number of amides is 2. The normalized spacial score (nSPS) is 13.4. The number of ether oxygens (including phenoxy) is 2. The molecule has 1 N–H and O–H groups in total. The van der Waals surface area contributed by atoms with Crippen LogP contribution in [0.5, 0.6) is 11.5 Å². The van der Waals surface area contributed by atoms with Crippen molar-refractivity contribution in [2.75, 3.05) is 50.6 Å². The van der Waals surface area contributed by atoms with Gasteiger partial charge in [-0.3, -0.25) is 9.59 Å². The molecule has 0 radical (unpaired) electrons. The van der Waals surface area contributed by atoms with Gasteiger partial charge in [0.2, 0.25) is 5.91 Å². The van der Waals surface area contributed by atoms with Crippen LogP contribution >= 0.6 is 0 Å². The Morgan fingerprint density at radius 3 is 2.29 bits per heavy atom. The molecule has 0 unspecified atom stereocenters. The van der Waals surface area contributed by atoms with Gasteiger partial charge in [0.05, 0.1) is 32.5 Å². The van der Waals surface area contributed by atoms with Gasteiger partial charge in [0.1, 0.15) is 5.82 Å². The summed E-state index contributed by atoms with van der Waals surface area (Å²) in [6, 6.07) is 18.5. The lowest BCUT2D eigenvalue weighted by molar-refractivity contribution is -0.130. The molecule has 3 aromatic rings. The Morgan fingerprint density at radius 1 is 0.912 bits per heavy atom. The molecule has 2 heterocycles. The van der Waals surface area contributed by atoms with E-state index in [4.69, 9.17) is 9.47 Å². The van der Waals surface area contributed by atoms with E-state index in [0.717, 1.165) is 11.4 Å². The molecule has 1 aliphatic rings. The van der Waals surface area contributed by atoms with Crippen LogP contribution in [0.15, 0.2) is 66.9 Å². The molecule has 2 amide bonds. The highest BCUT2D eigenvalue weighted by Gasteiger charge is 2.22. The van der Waals surface area contributed by atoms with Crippen molar-refractivity contribution < 1.29 is 19.1 Å². The topological polar surface area (TPSA) is 84.0 Å². The van der Waals surface area contributed by atoms with Crippen LogP contribution in [0.25, 0.3) is 0 Å². The molecule has 8 heteroatoms. The number of pyridine rings is 1. The molecule has 0 bridgehead atoms. The second kappa shape index (κ2) is 10.7. The molecule has 1 aromatic heterocycles. The van der Waals surface area contributed by atoms with Crippen LogP contribution in [0, 0.1) is 0 Å². The van der Waals surface area contributed by atoms with E-state index in [9.17, 15) is 9.59 Å². The molecule has 0 saturated carbocycles. The van der Waals surface area contributed by atoms with Crippen molar-refractivity contribution in [3.8, 4) is 11.5 Å². The maximum atomic E-state index is 12.6. The molecule has 34 heavy (non-hydrogen) atoms. The van der Waals surface area contributed by atoms with Crippen LogP contribution in [0.2, 0.25) is 0 Å². The molecule has 0 spiro atoms. The smallest absolute Gasteiger partial charge is 0.255 e. The van der Waals surface area contributed by atoms with Gasteiger partial charge >= 0.3 is 0 Å². The van der Waals surface area contributed by atoms with E-state index in [0.29, 0.717) is 55.3 Å². The summed E-state index contributed by atoms with van der Waals surface area (Å²) in [6.07, 6.45) is 2.06. The van der Waals surface area contributed by atoms with Crippen LogP contribution in [-0.2, 0) is 11.2 Å². The van der Waals surface area contributed by atoms with Crippen molar-refractivity contribution in [3.63, 3.8) is 0 Å². The molecule has 1 aliphatic heterocycles. The van der Waals surface area contributed by atoms with Crippen molar-refractivity contribution in [2.45, 2.75) is 6.42 Å². The molecule has 176 valence electrons. The van der Waals surface area contributed by atoms with Crippen molar-refractivity contribution in [1.82, 2.24) is 9.88 Å². The number of carbonyl (C=O) groups is 2. The van der Waals surface area contributed by atoms with Crippen LogP contribution < -0.4 is 19.7 Å². The number of carbonyl (C=O) groups excluding carboxylic acids is 2. The maximum Gasteiger partial charge on any atom is 0.255 e.